The van der Waals surface area contributed by atoms with E-state index < -0.39 is 0 Å². The maximum absolute atomic E-state index is 13.9. The number of halogens is 1. The van der Waals surface area contributed by atoms with E-state index in [1.807, 2.05) is 48.5 Å². The average Bonchev–Trinajstić information content (AvgIpc) is 2.94. The van der Waals surface area contributed by atoms with Gasteiger partial charge in [-0.2, -0.15) is 0 Å². The number of rotatable bonds is 4. The van der Waals surface area contributed by atoms with Gasteiger partial charge in [-0.1, -0.05) is 56.3 Å². The number of ether oxygens (including phenoxy) is 1. The molecule has 1 aliphatic carbocycles. The molecule has 33 heavy (non-hydrogen) atoms. The number of benzene rings is 3. The molecular weight excluding hydrogens is 415 g/mol. The summed E-state index contributed by atoms with van der Waals surface area (Å²) in [6.07, 6.45) is 1.33. The minimum Gasteiger partial charge on any atom is -0.489 e. The Morgan fingerprint density at radius 2 is 1.64 bits per heavy atom. The number of fused-ring (bicyclic) bond motifs is 1. The molecule has 1 aliphatic heterocycles. The van der Waals surface area contributed by atoms with E-state index >= 15 is 0 Å². The molecule has 4 nitrogen and oxygen atoms in total. The summed E-state index contributed by atoms with van der Waals surface area (Å²) in [5, 5.41) is 7.12. The molecule has 0 bridgehead atoms. The van der Waals surface area contributed by atoms with E-state index in [4.69, 9.17) is 4.74 Å². The van der Waals surface area contributed by atoms with Crippen molar-refractivity contribution < 1.29 is 13.9 Å². The van der Waals surface area contributed by atoms with E-state index in [0.29, 0.717) is 17.7 Å². The lowest BCUT2D eigenvalue weighted by molar-refractivity contribution is -0.118. The van der Waals surface area contributed by atoms with Gasteiger partial charge in [-0.05, 0) is 47.7 Å². The van der Waals surface area contributed by atoms with Crippen molar-refractivity contribution in [3.63, 3.8) is 0 Å². The molecule has 5 heteroatoms. The molecular formula is C28H27FN2O2. The van der Waals surface area contributed by atoms with Gasteiger partial charge in [0, 0.05) is 23.3 Å². The summed E-state index contributed by atoms with van der Waals surface area (Å²) in [5.74, 6) is 0.541. The van der Waals surface area contributed by atoms with Gasteiger partial charge in [0.05, 0.1) is 17.4 Å². The molecule has 0 saturated carbocycles. The molecule has 2 N–H and O–H groups in total. The predicted molar refractivity (Wildman–Crippen MR) is 129 cm³/mol. The molecule has 0 aromatic heterocycles. The smallest absolute Gasteiger partial charge is 0.163 e. The Kier molecular flexibility index (Phi) is 5.41. The predicted octanol–water partition coefficient (Wildman–Crippen LogP) is 6.63. The summed E-state index contributed by atoms with van der Waals surface area (Å²) in [5.41, 5.74) is 5.12. The summed E-state index contributed by atoms with van der Waals surface area (Å²) >= 11 is 0. The zero-order valence-corrected chi connectivity index (χ0v) is 18.8. The Bertz CT molecular complexity index is 1230. The van der Waals surface area contributed by atoms with Crippen LogP contribution in [0.3, 0.4) is 0 Å². The fourth-order valence-electron chi connectivity index (χ4n) is 4.67. The lowest BCUT2D eigenvalue weighted by Crippen LogP contribution is -2.31. The second kappa shape index (κ2) is 8.39. The van der Waals surface area contributed by atoms with E-state index in [1.54, 1.807) is 18.2 Å². The van der Waals surface area contributed by atoms with Crippen molar-refractivity contribution in [1.82, 2.24) is 0 Å². The lowest BCUT2D eigenvalue weighted by atomic mass is 9.73. The van der Waals surface area contributed by atoms with Crippen molar-refractivity contribution in [2.45, 2.75) is 39.3 Å². The highest BCUT2D eigenvalue weighted by Crippen LogP contribution is 2.45. The Morgan fingerprint density at radius 3 is 2.39 bits per heavy atom. The Balaban J connectivity index is 1.45. The van der Waals surface area contributed by atoms with Gasteiger partial charge in [0.2, 0.25) is 0 Å². The number of nitrogens with one attached hydrogen (secondary N) is 2. The topological polar surface area (TPSA) is 50.4 Å². The zero-order valence-electron chi connectivity index (χ0n) is 18.8. The van der Waals surface area contributed by atoms with Gasteiger partial charge >= 0.3 is 0 Å². The van der Waals surface area contributed by atoms with Gasteiger partial charge in [-0.15, -0.1) is 0 Å². The van der Waals surface area contributed by atoms with Crippen LogP contribution >= 0.6 is 0 Å². The summed E-state index contributed by atoms with van der Waals surface area (Å²) < 4.78 is 19.7. The second-order valence-electron chi connectivity index (χ2n) is 9.53. The van der Waals surface area contributed by atoms with Crippen LogP contribution in [0.5, 0.6) is 5.75 Å². The SMILES string of the molecule is CC1(C)CC(=O)C2=C(C1)Nc1ccccc1NC2c1ccc(OCc2ccccc2F)cc1. The highest BCUT2D eigenvalue weighted by molar-refractivity contribution is 6.01. The maximum atomic E-state index is 13.9. The van der Waals surface area contributed by atoms with Crippen LogP contribution in [0.25, 0.3) is 0 Å². The highest BCUT2D eigenvalue weighted by atomic mass is 19.1. The van der Waals surface area contributed by atoms with Gasteiger partial charge in [0.15, 0.2) is 5.78 Å². The number of ketones is 1. The molecule has 0 amide bonds. The molecule has 5 rings (SSSR count). The van der Waals surface area contributed by atoms with Crippen molar-refractivity contribution in [1.29, 1.82) is 0 Å². The molecule has 1 unspecified atom stereocenters. The quantitative estimate of drug-likeness (QED) is 0.476. The maximum Gasteiger partial charge on any atom is 0.163 e. The Morgan fingerprint density at radius 1 is 0.939 bits per heavy atom. The minimum absolute atomic E-state index is 0.0862. The third-order valence-corrected chi connectivity index (χ3v) is 6.29. The molecule has 0 saturated heterocycles. The standard InChI is InChI=1S/C28H27FN2O2/c1-28(2)15-24-26(25(32)16-28)27(31-23-10-6-5-9-22(23)30-24)18-11-13-20(14-12-18)33-17-19-7-3-4-8-21(19)29/h3-14,27,30-31H,15-17H2,1-2H3. The molecule has 2 aliphatic rings. The van der Waals surface area contributed by atoms with E-state index in [9.17, 15) is 9.18 Å². The summed E-state index contributed by atoms with van der Waals surface area (Å²) in [7, 11) is 0. The third kappa shape index (κ3) is 4.36. The van der Waals surface area contributed by atoms with Crippen molar-refractivity contribution >= 4 is 17.2 Å². The number of anilines is 2. The van der Waals surface area contributed by atoms with Crippen molar-refractivity contribution in [3.05, 3.63) is 101 Å². The first kappa shape index (κ1) is 21.3. The van der Waals surface area contributed by atoms with Gasteiger partial charge < -0.3 is 15.4 Å². The molecule has 0 fully saturated rings. The molecule has 0 radical (unpaired) electrons. The molecule has 1 atom stereocenters. The number of hydrogen-bond donors (Lipinski definition) is 2. The number of carbonyl (C=O) groups excluding carboxylic acids is 1. The normalized spacial score (nSPS) is 19.0. The zero-order chi connectivity index (χ0) is 23.0. The van der Waals surface area contributed by atoms with Crippen LogP contribution in [0.1, 0.15) is 43.9 Å². The van der Waals surface area contributed by atoms with Crippen LogP contribution in [0.15, 0.2) is 84.1 Å². The minimum atomic E-state index is -0.277. The van der Waals surface area contributed by atoms with Crippen LogP contribution < -0.4 is 15.4 Å². The van der Waals surface area contributed by atoms with E-state index in [1.165, 1.54) is 6.07 Å². The van der Waals surface area contributed by atoms with Gasteiger partial charge in [0.1, 0.15) is 18.2 Å². The first-order valence-corrected chi connectivity index (χ1v) is 11.2. The average molecular weight is 443 g/mol. The summed E-state index contributed by atoms with van der Waals surface area (Å²) in [6, 6.07) is 22.1. The number of allylic oxidation sites excluding steroid dienone is 1. The first-order valence-electron chi connectivity index (χ1n) is 11.2. The van der Waals surface area contributed by atoms with Crippen molar-refractivity contribution in [3.8, 4) is 5.75 Å². The number of para-hydroxylation sites is 2. The third-order valence-electron chi connectivity index (χ3n) is 6.29. The Labute approximate surface area is 193 Å². The van der Waals surface area contributed by atoms with Gasteiger partial charge in [-0.25, -0.2) is 4.39 Å². The Hall–Kier alpha value is -3.60. The molecule has 3 aromatic rings. The number of carbonyl (C=O) groups is 1. The number of hydrogen-bond acceptors (Lipinski definition) is 4. The van der Waals surface area contributed by atoms with E-state index in [-0.39, 0.29) is 29.7 Å². The van der Waals surface area contributed by atoms with Crippen LogP contribution in [-0.2, 0) is 11.4 Å². The fourth-order valence-corrected chi connectivity index (χ4v) is 4.67. The van der Waals surface area contributed by atoms with Crippen molar-refractivity contribution in [2.75, 3.05) is 10.6 Å². The van der Waals surface area contributed by atoms with E-state index in [0.717, 1.165) is 34.6 Å². The van der Waals surface area contributed by atoms with Crippen LogP contribution in [-0.4, -0.2) is 5.78 Å². The first-order chi connectivity index (χ1) is 15.9. The summed E-state index contributed by atoms with van der Waals surface area (Å²) in [6.45, 7) is 4.43. The van der Waals surface area contributed by atoms with Crippen molar-refractivity contribution in [2.24, 2.45) is 5.41 Å². The molecule has 168 valence electrons. The van der Waals surface area contributed by atoms with Crippen LogP contribution in [0.4, 0.5) is 15.8 Å². The fraction of sp³-hybridized carbons (Fsp3) is 0.250. The van der Waals surface area contributed by atoms with Crippen LogP contribution in [0.2, 0.25) is 0 Å². The largest absolute Gasteiger partial charge is 0.489 e. The van der Waals surface area contributed by atoms with E-state index in [2.05, 4.69) is 24.5 Å². The van der Waals surface area contributed by atoms with Gasteiger partial charge in [-0.3, -0.25) is 4.79 Å². The van der Waals surface area contributed by atoms with Crippen LogP contribution in [0, 0.1) is 11.2 Å². The second-order valence-corrected chi connectivity index (χ2v) is 9.53. The molecule has 3 aromatic carbocycles. The molecule has 1 heterocycles. The monoisotopic (exact) mass is 442 g/mol. The molecule has 0 spiro atoms. The lowest BCUT2D eigenvalue weighted by Gasteiger charge is -2.34. The summed E-state index contributed by atoms with van der Waals surface area (Å²) in [4.78, 5) is 13.3. The highest BCUT2D eigenvalue weighted by Gasteiger charge is 2.38. The van der Waals surface area contributed by atoms with Gasteiger partial charge in [0.25, 0.3) is 0 Å². The number of Topliss-reactive ketones (excluding diaryl/α,β-unsaturated/α-hetero) is 1.